The third-order valence-corrected chi connectivity index (χ3v) is 9.53. The highest BCUT2D eigenvalue weighted by atomic mass is 16.8. The molecule has 3 aliphatic heterocycles. The summed E-state index contributed by atoms with van der Waals surface area (Å²) in [5.41, 5.74) is 21.4. The fourth-order valence-electron chi connectivity index (χ4n) is 6.89. The number of fused-ring (bicyclic) bond motifs is 1. The lowest BCUT2D eigenvalue weighted by Gasteiger charge is -2.46. The fraction of sp³-hybridized carbons (Fsp3) is 0.963. The Kier molecular flexibility index (Phi) is 10.0. The van der Waals surface area contributed by atoms with Gasteiger partial charge in [-0.05, 0) is 46.1 Å². The Hall–Kier alpha value is -1.09. The van der Waals surface area contributed by atoms with Crippen LogP contribution in [0.5, 0.6) is 0 Å². The number of ether oxygens (including phenoxy) is 5. The van der Waals surface area contributed by atoms with E-state index in [9.17, 15) is 15.3 Å². The smallest absolute Gasteiger partial charge is 0.188 e. The second-order valence-corrected chi connectivity index (χ2v) is 13.0. The molecule has 12 unspecified atom stereocenters. The number of nitrogens with two attached hydrogens (primary N) is 4. The number of hydrogen-bond acceptors (Lipinski definition) is 15. The summed E-state index contributed by atoms with van der Waals surface area (Å²) in [5.74, 6) is 0.00241. The molecular formula is C27H51N7O9. The third-order valence-electron chi connectivity index (χ3n) is 9.53. The standard InChI is InChI=1S/C27H51N7O9/c1-25(37)12-39-23(22-27(25,32-2)43-22)42-21-17(34-24(31)26(38)9-14(29)10-26)8-16(30)20(19(21)36)41-18-7-13(28)3-4-15(40-18)11-33-5-6-35/h13-23,32-33,35-38H,3-12,28-30H2,1-2H3,(H2,31,34). The summed E-state index contributed by atoms with van der Waals surface area (Å²) >= 11 is 0. The molecule has 2 aliphatic carbocycles. The van der Waals surface area contributed by atoms with Gasteiger partial charge in [-0.3, -0.25) is 10.3 Å². The first-order chi connectivity index (χ1) is 20.3. The van der Waals surface area contributed by atoms with Crippen molar-refractivity contribution in [3.63, 3.8) is 0 Å². The van der Waals surface area contributed by atoms with Gasteiger partial charge < -0.3 is 72.4 Å². The number of epoxide rings is 1. The monoisotopic (exact) mass is 617 g/mol. The lowest BCUT2D eigenvalue weighted by atomic mass is 9.75. The molecule has 0 radical (unpaired) electrons. The van der Waals surface area contributed by atoms with Crippen molar-refractivity contribution in [3.8, 4) is 0 Å². The Morgan fingerprint density at radius 1 is 1.07 bits per heavy atom. The lowest BCUT2D eigenvalue weighted by Crippen LogP contribution is -2.65. The Balaban J connectivity index is 1.34. The van der Waals surface area contributed by atoms with Gasteiger partial charge in [-0.15, -0.1) is 0 Å². The summed E-state index contributed by atoms with van der Waals surface area (Å²) in [6.07, 6.45) is -3.18. The molecule has 0 aromatic rings. The summed E-state index contributed by atoms with van der Waals surface area (Å²) < 4.78 is 30.7. The Labute approximate surface area is 251 Å². The van der Waals surface area contributed by atoms with E-state index >= 15 is 0 Å². The van der Waals surface area contributed by atoms with Gasteiger partial charge in [0, 0.05) is 37.6 Å². The van der Waals surface area contributed by atoms with Gasteiger partial charge in [-0.2, -0.15) is 0 Å². The van der Waals surface area contributed by atoms with Crippen molar-refractivity contribution in [3.05, 3.63) is 0 Å². The predicted molar refractivity (Wildman–Crippen MR) is 153 cm³/mol. The van der Waals surface area contributed by atoms with E-state index in [1.165, 1.54) is 0 Å². The van der Waals surface area contributed by atoms with Crippen LogP contribution in [-0.2, 0) is 23.7 Å². The quantitative estimate of drug-likeness (QED) is 0.0454. The first-order valence-corrected chi connectivity index (χ1v) is 15.3. The molecule has 43 heavy (non-hydrogen) atoms. The average Bonchev–Trinajstić information content (AvgIpc) is 3.72. The Bertz CT molecular complexity index is 988. The van der Waals surface area contributed by atoms with Crippen LogP contribution in [0, 0.1) is 0 Å². The summed E-state index contributed by atoms with van der Waals surface area (Å²) in [6, 6.07) is -1.80. The van der Waals surface area contributed by atoms with Crippen LogP contribution < -0.4 is 33.6 Å². The van der Waals surface area contributed by atoms with Gasteiger partial charge in [0.05, 0.1) is 25.4 Å². The molecule has 0 bridgehead atoms. The van der Waals surface area contributed by atoms with Crippen molar-refractivity contribution < 1.29 is 44.1 Å². The number of rotatable bonds is 11. The van der Waals surface area contributed by atoms with Gasteiger partial charge >= 0.3 is 0 Å². The van der Waals surface area contributed by atoms with E-state index in [0.717, 1.165) is 6.42 Å². The van der Waals surface area contributed by atoms with E-state index in [1.54, 1.807) is 14.0 Å². The number of hydrogen-bond donors (Lipinski definition) is 10. The van der Waals surface area contributed by atoms with Crippen molar-refractivity contribution >= 4 is 5.84 Å². The SMILES string of the molecule is CNC12OC1C(OC1C(N=C(N)C3(O)CC(N)C3)CC(N)C(OC3CC(N)CCC(CNCCO)O3)C1O)OCC2(C)O. The molecule has 3 saturated heterocycles. The Morgan fingerprint density at radius 3 is 2.49 bits per heavy atom. The van der Waals surface area contributed by atoms with Crippen LogP contribution in [0.4, 0.5) is 0 Å². The molecule has 5 fully saturated rings. The molecule has 2 saturated carbocycles. The summed E-state index contributed by atoms with van der Waals surface area (Å²) in [6.45, 7) is 2.49. The highest BCUT2D eigenvalue weighted by Gasteiger charge is 2.73. The average molecular weight is 618 g/mol. The second-order valence-electron chi connectivity index (χ2n) is 13.0. The summed E-state index contributed by atoms with van der Waals surface area (Å²) in [4.78, 5) is 4.61. The number of nitrogens with one attached hydrogen (secondary N) is 2. The summed E-state index contributed by atoms with van der Waals surface area (Å²) in [7, 11) is 1.68. The highest BCUT2D eigenvalue weighted by molar-refractivity contribution is 5.90. The number of aliphatic hydroxyl groups excluding tert-OH is 2. The van der Waals surface area contributed by atoms with Crippen molar-refractivity contribution in [2.45, 2.75) is 130 Å². The second kappa shape index (κ2) is 13.0. The van der Waals surface area contributed by atoms with Gasteiger partial charge in [-0.25, -0.2) is 0 Å². The maximum atomic E-state index is 11.7. The van der Waals surface area contributed by atoms with Crippen LogP contribution >= 0.6 is 0 Å². The van der Waals surface area contributed by atoms with Crippen LogP contribution in [0.15, 0.2) is 4.99 Å². The Morgan fingerprint density at radius 2 is 1.81 bits per heavy atom. The molecule has 5 rings (SSSR count). The van der Waals surface area contributed by atoms with Crippen LogP contribution in [0.25, 0.3) is 0 Å². The number of amidine groups is 1. The third kappa shape index (κ3) is 6.73. The number of aliphatic imine (C=N–C) groups is 1. The van der Waals surface area contributed by atoms with Crippen molar-refractivity contribution in [2.24, 2.45) is 27.9 Å². The van der Waals surface area contributed by atoms with E-state index in [1.807, 2.05) is 0 Å². The van der Waals surface area contributed by atoms with Gasteiger partial charge in [0.1, 0.15) is 35.3 Å². The van der Waals surface area contributed by atoms with E-state index in [2.05, 4.69) is 15.6 Å². The summed E-state index contributed by atoms with van der Waals surface area (Å²) in [5, 5.41) is 48.8. The zero-order valence-electron chi connectivity index (χ0n) is 25.0. The van der Waals surface area contributed by atoms with E-state index < -0.39 is 66.0 Å². The molecule has 14 N–H and O–H groups in total. The molecule has 0 aromatic heterocycles. The topological polar surface area (TPSA) is 271 Å². The minimum atomic E-state index is -1.34. The first-order valence-electron chi connectivity index (χ1n) is 15.3. The molecule has 0 aromatic carbocycles. The molecule has 0 spiro atoms. The van der Waals surface area contributed by atoms with Gasteiger partial charge in [0.15, 0.2) is 24.4 Å². The molecule has 0 amide bonds. The van der Waals surface area contributed by atoms with Crippen molar-refractivity contribution in [1.29, 1.82) is 0 Å². The molecule has 5 aliphatic rings. The molecule has 16 heteroatoms. The highest BCUT2D eigenvalue weighted by Crippen LogP contribution is 2.50. The maximum Gasteiger partial charge on any atom is 0.188 e. The maximum absolute atomic E-state index is 11.7. The zero-order valence-corrected chi connectivity index (χ0v) is 25.0. The van der Waals surface area contributed by atoms with Gasteiger partial charge in [0.2, 0.25) is 0 Å². The van der Waals surface area contributed by atoms with Gasteiger partial charge in [-0.1, -0.05) is 0 Å². The lowest BCUT2D eigenvalue weighted by molar-refractivity contribution is -0.272. The molecular weight excluding hydrogens is 566 g/mol. The van der Waals surface area contributed by atoms with Crippen molar-refractivity contribution in [2.75, 3.05) is 33.4 Å². The molecule has 12 atom stereocenters. The van der Waals surface area contributed by atoms with Gasteiger partial charge in [0.25, 0.3) is 0 Å². The van der Waals surface area contributed by atoms with Crippen LogP contribution in [0.1, 0.15) is 45.4 Å². The number of nitrogens with zero attached hydrogens (tertiary/aromatic N) is 1. The van der Waals surface area contributed by atoms with Crippen LogP contribution in [0.3, 0.4) is 0 Å². The van der Waals surface area contributed by atoms with E-state index in [4.69, 9.17) is 51.7 Å². The largest absolute Gasteiger partial charge is 0.395 e. The fourth-order valence-corrected chi connectivity index (χ4v) is 6.89. The van der Waals surface area contributed by atoms with Crippen LogP contribution in [0.2, 0.25) is 0 Å². The molecule has 248 valence electrons. The number of aliphatic hydroxyl groups is 4. The zero-order chi connectivity index (χ0) is 31.2. The minimum absolute atomic E-state index is 0.00241. The number of likely N-dealkylation sites (N-methyl/N-ethyl adjacent to an activating group) is 1. The first kappa shape index (κ1) is 33.3. The predicted octanol–water partition coefficient (Wildman–Crippen LogP) is -4.35. The van der Waals surface area contributed by atoms with E-state index in [-0.39, 0.29) is 56.5 Å². The normalized spacial score (nSPS) is 50.4. The molecule has 3 heterocycles. The van der Waals surface area contributed by atoms with E-state index in [0.29, 0.717) is 25.9 Å². The van der Waals surface area contributed by atoms with Crippen LogP contribution in [-0.4, -0.2) is 144 Å². The minimum Gasteiger partial charge on any atom is -0.395 e. The molecule has 16 nitrogen and oxygen atoms in total. The van der Waals surface area contributed by atoms with Crippen molar-refractivity contribution in [1.82, 2.24) is 10.6 Å².